The number of aromatic nitrogens is 1. The average Bonchev–Trinajstić information content (AvgIpc) is 3.21. The molecule has 1 amide bonds. The van der Waals surface area contributed by atoms with E-state index in [9.17, 15) is 14.7 Å². The molecule has 1 fully saturated rings. The maximum absolute atomic E-state index is 13.3. The van der Waals surface area contributed by atoms with E-state index >= 15 is 0 Å². The summed E-state index contributed by atoms with van der Waals surface area (Å²) < 4.78 is 5.43. The number of benzene rings is 1. The fourth-order valence-corrected chi connectivity index (χ4v) is 3.49. The van der Waals surface area contributed by atoms with Gasteiger partial charge in [-0.15, -0.1) is 0 Å². The van der Waals surface area contributed by atoms with Crippen molar-refractivity contribution < 1.29 is 19.1 Å². The summed E-state index contributed by atoms with van der Waals surface area (Å²) in [5.74, 6) is -0.663. The number of hydrogen-bond acceptors (Lipinski definition) is 4. The van der Waals surface area contributed by atoms with Crippen LogP contribution in [0.1, 0.15) is 29.6 Å². The smallest absolute Gasteiger partial charge is 0.326 e. The van der Waals surface area contributed by atoms with Crippen molar-refractivity contribution in [2.24, 2.45) is 0 Å². The number of carbonyl (C=O) groups excluding carboxylic acids is 1. The zero-order chi connectivity index (χ0) is 18.1. The number of rotatable bonds is 3. The van der Waals surface area contributed by atoms with Gasteiger partial charge in [0.05, 0.1) is 17.3 Å². The quantitative estimate of drug-likeness (QED) is 0.781. The number of para-hydroxylation sites is 1. The molecule has 2 aromatic heterocycles. The highest BCUT2D eigenvalue weighted by Gasteiger charge is 2.33. The van der Waals surface area contributed by atoms with Gasteiger partial charge in [-0.05, 0) is 43.5 Å². The minimum Gasteiger partial charge on any atom is -0.480 e. The van der Waals surface area contributed by atoms with E-state index < -0.39 is 12.0 Å². The standard InChI is InChI=1S/C20H18N2O4/c23-19(22-10-4-3-8-17(22)20(24)25)14-12-16(18-9-5-11-26-18)21-15-7-2-1-6-13(14)15/h1-2,5-7,9,11-12,17H,3-4,8,10H2,(H,24,25). The number of carboxylic acids is 1. The molecule has 3 heterocycles. The van der Waals surface area contributed by atoms with Gasteiger partial charge in [0, 0.05) is 11.9 Å². The van der Waals surface area contributed by atoms with Crippen molar-refractivity contribution in [3.8, 4) is 11.5 Å². The van der Waals surface area contributed by atoms with Crippen molar-refractivity contribution in [3.05, 3.63) is 54.3 Å². The van der Waals surface area contributed by atoms with E-state index in [-0.39, 0.29) is 5.91 Å². The van der Waals surface area contributed by atoms with Gasteiger partial charge in [-0.3, -0.25) is 4.79 Å². The molecule has 1 atom stereocenters. The van der Waals surface area contributed by atoms with E-state index in [4.69, 9.17) is 4.42 Å². The van der Waals surface area contributed by atoms with Gasteiger partial charge < -0.3 is 14.4 Å². The van der Waals surface area contributed by atoms with Crippen LogP contribution in [0.3, 0.4) is 0 Å². The van der Waals surface area contributed by atoms with Crippen LogP contribution in [0.15, 0.2) is 53.1 Å². The number of amides is 1. The molecule has 3 aromatic rings. The predicted molar refractivity (Wildman–Crippen MR) is 95.8 cm³/mol. The highest BCUT2D eigenvalue weighted by Crippen LogP contribution is 2.28. The fraction of sp³-hybridized carbons (Fsp3) is 0.250. The molecular weight excluding hydrogens is 332 g/mol. The van der Waals surface area contributed by atoms with Crippen molar-refractivity contribution in [1.82, 2.24) is 9.88 Å². The maximum atomic E-state index is 13.3. The normalized spacial score (nSPS) is 17.4. The van der Waals surface area contributed by atoms with Crippen molar-refractivity contribution in [3.63, 3.8) is 0 Å². The zero-order valence-electron chi connectivity index (χ0n) is 14.1. The summed E-state index contributed by atoms with van der Waals surface area (Å²) in [5.41, 5.74) is 1.68. The van der Waals surface area contributed by atoms with Crippen LogP contribution in [0, 0.1) is 0 Å². The lowest BCUT2D eigenvalue weighted by molar-refractivity contribution is -0.143. The number of likely N-dealkylation sites (tertiary alicyclic amines) is 1. The fourth-order valence-electron chi connectivity index (χ4n) is 3.49. The first-order valence-electron chi connectivity index (χ1n) is 8.62. The first kappa shape index (κ1) is 16.3. The minimum atomic E-state index is -0.956. The van der Waals surface area contributed by atoms with Gasteiger partial charge >= 0.3 is 5.97 Å². The Balaban J connectivity index is 1.84. The Morgan fingerprint density at radius 3 is 2.77 bits per heavy atom. The number of carbonyl (C=O) groups is 2. The Labute approximate surface area is 150 Å². The van der Waals surface area contributed by atoms with Gasteiger partial charge in [0.1, 0.15) is 11.7 Å². The predicted octanol–water partition coefficient (Wildman–Crippen LogP) is 3.57. The summed E-state index contributed by atoms with van der Waals surface area (Å²) >= 11 is 0. The van der Waals surface area contributed by atoms with Crippen LogP contribution < -0.4 is 0 Å². The van der Waals surface area contributed by atoms with E-state index in [1.807, 2.05) is 24.3 Å². The van der Waals surface area contributed by atoms with Crippen LogP contribution in [0.2, 0.25) is 0 Å². The van der Waals surface area contributed by atoms with E-state index in [0.717, 1.165) is 12.8 Å². The SMILES string of the molecule is O=C(O)C1CCCCN1C(=O)c1cc(-c2ccco2)nc2ccccc12. The third-order valence-corrected chi connectivity index (χ3v) is 4.77. The van der Waals surface area contributed by atoms with Gasteiger partial charge in [0.15, 0.2) is 5.76 Å². The van der Waals surface area contributed by atoms with Gasteiger partial charge in [-0.2, -0.15) is 0 Å². The third kappa shape index (κ3) is 2.83. The van der Waals surface area contributed by atoms with E-state index in [2.05, 4.69) is 4.98 Å². The number of hydrogen-bond donors (Lipinski definition) is 1. The molecule has 132 valence electrons. The number of aliphatic carboxylic acids is 1. The second-order valence-electron chi connectivity index (χ2n) is 6.40. The molecule has 0 radical (unpaired) electrons. The van der Waals surface area contributed by atoms with Crippen LogP contribution in [-0.4, -0.2) is 39.5 Å². The summed E-state index contributed by atoms with van der Waals surface area (Å²) in [5, 5.41) is 10.2. The van der Waals surface area contributed by atoms with Crippen LogP contribution in [0.4, 0.5) is 0 Å². The van der Waals surface area contributed by atoms with E-state index in [1.165, 1.54) is 4.90 Å². The number of carboxylic acid groups (broad SMARTS) is 1. The molecule has 4 rings (SSSR count). The van der Waals surface area contributed by atoms with Gasteiger partial charge in [0.25, 0.3) is 5.91 Å². The largest absolute Gasteiger partial charge is 0.480 e. The summed E-state index contributed by atoms with van der Waals surface area (Å²) in [7, 11) is 0. The highest BCUT2D eigenvalue weighted by atomic mass is 16.4. The molecule has 1 aromatic carbocycles. The Hall–Kier alpha value is -3.15. The number of furan rings is 1. The molecule has 1 unspecified atom stereocenters. The second kappa shape index (κ2) is 6.63. The minimum absolute atomic E-state index is 0.275. The van der Waals surface area contributed by atoms with E-state index in [0.29, 0.717) is 40.9 Å². The number of pyridine rings is 1. The van der Waals surface area contributed by atoms with Crippen molar-refractivity contribution >= 4 is 22.8 Å². The van der Waals surface area contributed by atoms with Crippen molar-refractivity contribution in [2.45, 2.75) is 25.3 Å². The van der Waals surface area contributed by atoms with Crippen LogP contribution in [0.25, 0.3) is 22.4 Å². The van der Waals surface area contributed by atoms with Crippen molar-refractivity contribution in [2.75, 3.05) is 6.54 Å². The molecular formula is C20H18N2O4. The molecule has 6 heteroatoms. The molecule has 6 nitrogen and oxygen atoms in total. The number of fused-ring (bicyclic) bond motifs is 1. The first-order chi connectivity index (χ1) is 12.6. The lowest BCUT2D eigenvalue weighted by Crippen LogP contribution is -2.48. The number of piperidine rings is 1. The maximum Gasteiger partial charge on any atom is 0.326 e. The Kier molecular flexibility index (Phi) is 4.16. The topological polar surface area (TPSA) is 83.6 Å². The van der Waals surface area contributed by atoms with Gasteiger partial charge in [-0.1, -0.05) is 18.2 Å². The van der Waals surface area contributed by atoms with Crippen molar-refractivity contribution in [1.29, 1.82) is 0 Å². The second-order valence-corrected chi connectivity index (χ2v) is 6.40. The molecule has 0 bridgehead atoms. The summed E-state index contributed by atoms with van der Waals surface area (Å²) in [6.07, 6.45) is 3.66. The molecule has 1 aliphatic heterocycles. The molecule has 0 aliphatic carbocycles. The summed E-state index contributed by atoms with van der Waals surface area (Å²) in [4.78, 5) is 30.9. The van der Waals surface area contributed by atoms with Gasteiger partial charge in [0.2, 0.25) is 0 Å². The van der Waals surface area contributed by atoms with Crippen LogP contribution in [0.5, 0.6) is 0 Å². The average molecular weight is 350 g/mol. The summed E-state index contributed by atoms with van der Waals surface area (Å²) in [6.45, 7) is 0.447. The number of nitrogens with zero attached hydrogens (tertiary/aromatic N) is 2. The first-order valence-corrected chi connectivity index (χ1v) is 8.62. The zero-order valence-corrected chi connectivity index (χ0v) is 14.1. The molecule has 0 saturated carbocycles. The monoisotopic (exact) mass is 350 g/mol. The van der Waals surface area contributed by atoms with E-state index in [1.54, 1.807) is 24.5 Å². The van der Waals surface area contributed by atoms with Crippen LogP contribution in [-0.2, 0) is 4.79 Å². The molecule has 1 N–H and O–H groups in total. The Morgan fingerprint density at radius 2 is 2.00 bits per heavy atom. The highest BCUT2D eigenvalue weighted by molar-refractivity contribution is 6.08. The Bertz CT molecular complexity index is 965. The lowest BCUT2D eigenvalue weighted by Gasteiger charge is -2.33. The molecule has 1 saturated heterocycles. The lowest BCUT2D eigenvalue weighted by atomic mass is 9.99. The third-order valence-electron chi connectivity index (χ3n) is 4.77. The summed E-state index contributed by atoms with van der Waals surface area (Å²) in [6, 6.07) is 11.8. The Morgan fingerprint density at radius 1 is 1.15 bits per heavy atom. The van der Waals surface area contributed by atoms with Gasteiger partial charge in [-0.25, -0.2) is 9.78 Å². The molecule has 0 spiro atoms. The van der Waals surface area contributed by atoms with Crippen LogP contribution >= 0.6 is 0 Å². The molecule has 1 aliphatic rings. The molecule has 26 heavy (non-hydrogen) atoms.